The lowest BCUT2D eigenvalue weighted by atomic mass is 10.1. The van der Waals surface area contributed by atoms with Crippen LogP contribution in [-0.4, -0.2) is 43.1 Å². The highest BCUT2D eigenvalue weighted by Gasteiger charge is 2.33. The number of anilines is 1. The van der Waals surface area contributed by atoms with Gasteiger partial charge >= 0.3 is 0 Å². The molecule has 0 radical (unpaired) electrons. The maximum absolute atomic E-state index is 12.7. The number of likely N-dealkylation sites (tertiary alicyclic amines) is 1. The van der Waals surface area contributed by atoms with Crippen LogP contribution in [0.2, 0.25) is 5.02 Å². The highest BCUT2D eigenvalue weighted by atomic mass is 35.5. The van der Waals surface area contributed by atoms with Crippen LogP contribution < -0.4 is 9.64 Å². The lowest BCUT2D eigenvalue weighted by Gasteiger charge is -2.39. The zero-order chi connectivity index (χ0) is 18.1. The number of ether oxygens (including phenoxy) is 1. The zero-order valence-corrected chi connectivity index (χ0v) is 15.7. The Bertz CT molecular complexity index is 811. The number of hydrogen-bond donors (Lipinski definition) is 0. The molecular weight excluding hydrogens is 348 g/mol. The third-order valence-electron chi connectivity index (χ3n) is 5.16. The molecule has 0 aliphatic carbocycles. The summed E-state index contributed by atoms with van der Waals surface area (Å²) in [5.74, 6) is 0.909. The number of benzene rings is 2. The Morgan fingerprint density at radius 1 is 1.12 bits per heavy atom. The van der Waals surface area contributed by atoms with Gasteiger partial charge in [-0.1, -0.05) is 29.8 Å². The summed E-state index contributed by atoms with van der Waals surface area (Å²) in [7, 11) is 0. The molecule has 0 aromatic heterocycles. The molecule has 5 heteroatoms. The Morgan fingerprint density at radius 3 is 2.54 bits per heavy atom. The molecule has 0 saturated carbocycles. The van der Waals surface area contributed by atoms with Gasteiger partial charge in [-0.3, -0.25) is 4.79 Å². The van der Waals surface area contributed by atoms with Gasteiger partial charge in [0.1, 0.15) is 11.9 Å². The number of nitrogens with zero attached hydrogens (tertiary/aromatic N) is 2. The van der Waals surface area contributed by atoms with Gasteiger partial charge in [0, 0.05) is 18.7 Å². The molecule has 1 amide bonds. The first kappa shape index (κ1) is 17.2. The van der Waals surface area contributed by atoms with E-state index in [1.54, 1.807) is 6.07 Å². The van der Waals surface area contributed by atoms with Crippen LogP contribution in [0.5, 0.6) is 5.75 Å². The van der Waals surface area contributed by atoms with E-state index in [2.05, 4.69) is 4.90 Å². The monoisotopic (exact) mass is 370 g/mol. The first-order valence-electron chi connectivity index (χ1n) is 9.18. The zero-order valence-electron chi connectivity index (χ0n) is 15.0. The Morgan fingerprint density at radius 2 is 1.85 bits per heavy atom. The number of rotatable bonds is 4. The Labute approximate surface area is 159 Å². The minimum Gasteiger partial charge on any atom is -0.486 e. The second-order valence-electron chi connectivity index (χ2n) is 7.08. The molecule has 0 spiro atoms. The second-order valence-corrected chi connectivity index (χ2v) is 7.48. The van der Waals surface area contributed by atoms with Crippen LogP contribution in [0.25, 0.3) is 0 Å². The molecule has 4 nitrogen and oxygen atoms in total. The average Bonchev–Trinajstić information content (AvgIpc) is 3.13. The normalized spacial score (nSPS) is 17.3. The second kappa shape index (κ2) is 7.20. The van der Waals surface area contributed by atoms with Gasteiger partial charge in [-0.25, -0.2) is 0 Å². The Kier molecular flexibility index (Phi) is 4.77. The van der Waals surface area contributed by atoms with Crippen molar-refractivity contribution in [1.29, 1.82) is 0 Å². The van der Waals surface area contributed by atoms with E-state index in [0.717, 1.165) is 30.1 Å². The van der Waals surface area contributed by atoms with E-state index in [0.29, 0.717) is 23.7 Å². The average molecular weight is 371 g/mol. The topological polar surface area (TPSA) is 32.8 Å². The van der Waals surface area contributed by atoms with E-state index in [4.69, 9.17) is 16.3 Å². The molecule has 0 atom stereocenters. The number of hydrogen-bond acceptors (Lipinski definition) is 3. The predicted molar refractivity (Wildman–Crippen MR) is 104 cm³/mol. The van der Waals surface area contributed by atoms with E-state index >= 15 is 0 Å². The summed E-state index contributed by atoms with van der Waals surface area (Å²) >= 11 is 6.44. The van der Waals surface area contributed by atoms with Crippen molar-refractivity contribution in [3.63, 3.8) is 0 Å². The quantitative estimate of drug-likeness (QED) is 0.810. The number of amides is 1. The Balaban J connectivity index is 1.37. The largest absolute Gasteiger partial charge is 0.486 e. The Hall–Kier alpha value is -2.20. The molecule has 2 aromatic rings. The van der Waals surface area contributed by atoms with E-state index in [-0.39, 0.29) is 12.0 Å². The van der Waals surface area contributed by atoms with E-state index < -0.39 is 0 Å². The van der Waals surface area contributed by atoms with Crippen molar-refractivity contribution in [2.45, 2.75) is 25.9 Å². The summed E-state index contributed by atoms with van der Waals surface area (Å²) in [6.07, 6.45) is 2.46. The van der Waals surface area contributed by atoms with Crippen molar-refractivity contribution in [2.24, 2.45) is 0 Å². The van der Waals surface area contributed by atoms with Crippen molar-refractivity contribution >= 4 is 23.2 Å². The number of carbonyl (C=O) groups excluding carboxylic acids is 1. The van der Waals surface area contributed by atoms with Crippen LogP contribution in [0.1, 0.15) is 28.8 Å². The van der Waals surface area contributed by atoms with Gasteiger partial charge < -0.3 is 14.5 Å². The molecule has 136 valence electrons. The molecule has 26 heavy (non-hydrogen) atoms. The fraction of sp³-hybridized carbons (Fsp3) is 0.381. The minimum absolute atomic E-state index is 0.0181. The summed E-state index contributed by atoms with van der Waals surface area (Å²) in [6.45, 7) is 5.33. The highest BCUT2D eigenvalue weighted by Crippen LogP contribution is 2.30. The lowest BCUT2D eigenvalue weighted by Crippen LogP contribution is -2.56. The van der Waals surface area contributed by atoms with Gasteiger partial charge in [-0.2, -0.15) is 0 Å². The highest BCUT2D eigenvalue weighted by molar-refractivity contribution is 6.33. The number of aryl methyl sites for hydroxylation is 1. The number of carbonyl (C=O) groups is 1. The summed E-state index contributed by atoms with van der Waals surface area (Å²) in [6, 6.07) is 13.6. The van der Waals surface area contributed by atoms with E-state index in [9.17, 15) is 4.79 Å². The fourth-order valence-corrected chi connectivity index (χ4v) is 3.88. The molecular formula is C21H23ClN2O2. The maximum atomic E-state index is 12.7. The molecule has 2 aromatic carbocycles. The number of para-hydroxylation sites is 1. The number of halogens is 1. The van der Waals surface area contributed by atoms with Crippen molar-refractivity contribution in [2.75, 3.05) is 31.1 Å². The molecule has 2 aliphatic heterocycles. The van der Waals surface area contributed by atoms with Crippen LogP contribution >= 0.6 is 11.6 Å². The molecule has 0 N–H and O–H groups in total. The third kappa shape index (κ3) is 3.38. The van der Waals surface area contributed by atoms with Gasteiger partial charge in [0.15, 0.2) is 0 Å². The molecule has 2 fully saturated rings. The summed E-state index contributed by atoms with van der Waals surface area (Å²) in [5.41, 5.74) is 2.79. The summed E-state index contributed by atoms with van der Waals surface area (Å²) in [5, 5.41) is 0.658. The van der Waals surface area contributed by atoms with Gasteiger partial charge in [0.05, 0.1) is 23.8 Å². The fourth-order valence-electron chi connectivity index (χ4n) is 3.58. The van der Waals surface area contributed by atoms with Crippen LogP contribution in [0.4, 0.5) is 5.69 Å². The van der Waals surface area contributed by atoms with Crippen LogP contribution in [0.15, 0.2) is 42.5 Å². The molecule has 2 heterocycles. The molecule has 4 rings (SSSR count). The minimum atomic E-state index is 0.0181. The first-order chi connectivity index (χ1) is 12.6. The summed E-state index contributed by atoms with van der Waals surface area (Å²) in [4.78, 5) is 16.8. The van der Waals surface area contributed by atoms with E-state index in [1.807, 2.05) is 48.2 Å². The van der Waals surface area contributed by atoms with Crippen molar-refractivity contribution in [3.8, 4) is 5.75 Å². The molecule has 0 unspecified atom stereocenters. The van der Waals surface area contributed by atoms with Crippen LogP contribution in [0, 0.1) is 6.92 Å². The summed E-state index contributed by atoms with van der Waals surface area (Å²) < 4.78 is 5.98. The third-order valence-corrected chi connectivity index (χ3v) is 5.47. The standard InChI is InChI=1S/C21H23ClN2O2/c1-15-6-2-3-7-20(15)26-17-13-24(14-17)21(25)16-8-9-19(18(22)12-16)23-10-4-5-11-23/h2-3,6-9,12,17H,4-5,10-11,13-14H2,1H3. The van der Waals surface area contributed by atoms with E-state index in [1.165, 1.54) is 12.8 Å². The first-order valence-corrected chi connectivity index (χ1v) is 9.55. The predicted octanol–water partition coefficient (Wildman–Crippen LogP) is 4.15. The maximum Gasteiger partial charge on any atom is 0.254 e. The molecule has 0 bridgehead atoms. The lowest BCUT2D eigenvalue weighted by molar-refractivity contribution is 0.0175. The van der Waals surface area contributed by atoms with Crippen molar-refractivity contribution in [1.82, 2.24) is 4.90 Å². The van der Waals surface area contributed by atoms with Crippen molar-refractivity contribution < 1.29 is 9.53 Å². The SMILES string of the molecule is Cc1ccccc1OC1CN(C(=O)c2ccc(N3CCCC3)c(Cl)c2)C1. The van der Waals surface area contributed by atoms with Crippen LogP contribution in [0.3, 0.4) is 0 Å². The van der Waals surface area contributed by atoms with Gasteiger partial charge in [0.25, 0.3) is 5.91 Å². The molecule has 2 aliphatic rings. The van der Waals surface area contributed by atoms with Gasteiger partial charge in [0.2, 0.25) is 0 Å². The van der Waals surface area contributed by atoms with Crippen molar-refractivity contribution in [3.05, 3.63) is 58.6 Å². The smallest absolute Gasteiger partial charge is 0.254 e. The van der Waals surface area contributed by atoms with Crippen LogP contribution in [-0.2, 0) is 0 Å². The van der Waals surface area contributed by atoms with Gasteiger partial charge in [-0.05, 0) is 49.6 Å². The molecule has 2 saturated heterocycles. The van der Waals surface area contributed by atoms with Gasteiger partial charge in [-0.15, -0.1) is 0 Å².